The Bertz CT molecular complexity index is 2900. The van der Waals surface area contributed by atoms with E-state index in [1.165, 1.54) is 50.1 Å². The first kappa shape index (κ1) is 56.3. The van der Waals surface area contributed by atoms with E-state index in [-0.39, 0.29) is 67.0 Å². The van der Waals surface area contributed by atoms with E-state index >= 15 is 0 Å². The normalized spacial score (nSPS) is 16.2. The van der Waals surface area contributed by atoms with Crippen molar-refractivity contribution < 1.29 is 30.6 Å². The summed E-state index contributed by atoms with van der Waals surface area (Å²) in [5.74, 6) is 2.90. The van der Waals surface area contributed by atoms with Crippen molar-refractivity contribution in [1.82, 2.24) is 0 Å². The fraction of sp³-hybridized carbons (Fsp3) is 0.342. The number of aryl methyl sites for hydroxylation is 1. The molecule has 6 N–H and O–H groups in total. The van der Waals surface area contributed by atoms with Crippen LogP contribution in [0.15, 0.2) is 188 Å². The third-order valence-corrected chi connectivity index (χ3v) is 19.5. The van der Waals surface area contributed by atoms with Crippen molar-refractivity contribution in [3.63, 3.8) is 0 Å². The van der Waals surface area contributed by atoms with Crippen LogP contribution in [0.4, 0.5) is 0 Å². The zero-order valence-corrected chi connectivity index (χ0v) is 47.9. The molecule has 0 saturated heterocycles. The van der Waals surface area contributed by atoms with Gasteiger partial charge in [0.15, 0.2) is 0 Å². The van der Waals surface area contributed by atoms with Gasteiger partial charge in [0.2, 0.25) is 0 Å². The van der Waals surface area contributed by atoms with Crippen molar-refractivity contribution >= 4 is 0 Å². The quantitative estimate of drug-likeness (QED) is 0.0725. The Morgan fingerprint density at radius 2 is 0.494 bits per heavy atom. The Morgan fingerprint density at radius 1 is 0.291 bits per heavy atom. The number of aromatic hydroxyl groups is 6. The van der Waals surface area contributed by atoms with Crippen LogP contribution in [0, 0.1) is 24.2 Å². The number of hydrogen-bond donors (Lipinski definition) is 6. The fourth-order valence-corrected chi connectivity index (χ4v) is 13.6. The van der Waals surface area contributed by atoms with Gasteiger partial charge in [-0.15, -0.1) is 0 Å². The molecule has 8 aromatic rings. The van der Waals surface area contributed by atoms with Gasteiger partial charge < -0.3 is 30.6 Å². The summed E-state index contributed by atoms with van der Waals surface area (Å²) in [5, 5.41) is 59.7. The molecule has 0 aromatic heterocycles. The molecular formula is C73H82O6. The lowest BCUT2D eigenvalue weighted by Crippen LogP contribution is -2.43. The molecule has 0 spiro atoms. The molecular weight excluding hydrogens is 973 g/mol. The SMILES string of the molecule is CC(C)(C1CCC(c2ccc(O)cc2)(c2ccc(O)cc2)CC1)C1CCC(c2ccc(O)cc2)(c2ccc(O)cc2)CC1.Cc1ccc(C(C)(C)c2cc(C(C)(C)c3ccc(O)cc3)cc(C(C)(C)c3ccc(O)cc3)c2)cc1. The zero-order valence-electron chi connectivity index (χ0n) is 47.9. The predicted molar refractivity (Wildman–Crippen MR) is 322 cm³/mol. The largest absolute Gasteiger partial charge is 0.508 e. The Hall–Kier alpha value is -7.44. The van der Waals surface area contributed by atoms with E-state index in [0.29, 0.717) is 11.8 Å². The van der Waals surface area contributed by atoms with Crippen LogP contribution in [0.5, 0.6) is 34.5 Å². The molecule has 10 rings (SSSR count). The van der Waals surface area contributed by atoms with E-state index in [1.54, 1.807) is 72.8 Å². The van der Waals surface area contributed by atoms with Crippen LogP contribution in [0.3, 0.4) is 0 Å². The van der Waals surface area contributed by atoms with E-state index < -0.39 is 0 Å². The van der Waals surface area contributed by atoms with E-state index in [0.717, 1.165) is 62.5 Å². The lowest BCUT2D eigenvalue weighted by atomic mass is 9.53. The van der Waals surface area contributed by atoms with Gasteiger partial charge in [0.1, 0.15) is 34.5 Å². The van der Waals surface area contributed by atoms with Gasteiger partial charge in [0.05, 0.1) is 0 Å². The number of rotatable bonds is 12. The van der Waals surface area contributed by atoms with Crippen LogP contribution in [-0.4, -0.2) is 30.6 Å². The van der Waals surface area contributed by atoms with E-state index in [2.05, 4.69) is 153 Å². The number of phenolic OH excluding ortho intramolecular Hbond substituents is 6. The van der Waals surface area contributed by atoms with Gasteiger partial charge >= 0.3 is 0 Å². The smallest absolute Gasteiger partial charge is 0.115 e. The van der Waals surface area contributed by atoms with E-state index in [1.807, 2.05) is 24.3 Å². The molecule has 0 bridgehead atoms. The van der Waals surface area contributed by atoms with Crippen LogP contribution in [-0.2, 0) is 27.1 Å². The first-order valence-corrected chi connectivity index (χ1v) is 28.4. The standard InChI is InChI=1S/C39H44O4.C34H38O2/c1-37(2,27-19-23-38(24-20-27,29-3-11-33(40)12-4-29)30-5-13-34(41)14-6-30)28-21-25-39(26-22-28,31-7-15-35(42)16-8-31)32-9-17-36(43)18-10-32;1-23-8-10-24(11-9-23)32(2,3)27-20-28(33(4,5)25-12-16-30(35)17-13-25)22-29(21-27)34(6,7)26-14-18-31(36)19-15-26/h3-18,27-28,40-43H,19-26H2,1-2H3;8-22,35-36H,1-7H3. The summed E-state index contributed by atoms with van der Waals surface area (Å²) in [5.41, 5.74) is 12.7. The minimum absolute atomic E-state index is 0.132. The topological polar surface area (TPSA) is 121 Å². The lowest BCUT2D eigenvalue weighted by molar-refractivity contribution is 0.0364. The molecule has 79 heavy (non-hydrogen) atoms. The number of benzene rings is 8. The summed E-state index contributed by atoms with van der Waals surface area (Å²) >= 11 is 0. The maximum Gasteiger partial charge on any atom is 0.115 e. The van der Waals surface area contributed by atoms with Crippen molar-refractivity contribution in [3.8, 4) is 34.5 Å². The van der Waals surface area contributed by atoms with Crippen molar-refractivity contribution in [2.75, 3.05) is 0 Å². The lowest BCUT2D eigenvalue weighted by Gasteiger charge is -2.51. The van der Waals surface area contributed by atoms with E-state index in [9.17, 15) is 30.6 Å². The third kappa shape index (κ3) is 11.4. The van der Waals surface area contributed by atoms with Crippen LogP contribution in [0.25, 0.3) is 0 Å². The molecule has 0 unspecified atom stereocenters. The van der Waals surface area contributed by atoms with Crippen molar-refractivity contribution in [2.45, 2.75) is 141 Å². The molecule has 2 aliphatic carbocycles. The Balaban J connectivity index is 0.000000195. The second-order valence-electron chi connectivity index (χ2n) is 25.4. The van der Waals surface area contributed by atoms with Crippen LogP contribution >= 0.6 is 0 Å². The van der Waals surface area contributed by atoms with Gasteiger partial charge in [-0.25, -0.2) is 0 Å². The summed E-state index contributed by atoms with van der Waals surface area (Å²) in [7, 11) is 0. The molecule has 8 aromatic carbocycles. The van der Waals surface area contributed by atoms with Gasteiger partial charge in [-0.1, -0.05) is 176 Å². The highest BCUT2D eigenvalue weighted by Gasteiger charge is 2.48. The molecule has 0 aliphatic heterocycles. The second kappa shape index (κ2) is 22.0. The van der Waals surface area contributed by atoms with Crippen molar-refractivity contribution in [2.24, 2.45) is 17.3 Å². The minimum atomic E-state index is -0.271. The minimum Gasteiger partial charge on any atom is -0.508 e. The van der Waals surface area contributed by atoms with Crippen molar-refractivity contribution in [1.29, 1.82) is 0 Å². The molecule has 6 nitrogen and oxygen atoms in total. The Morgan fingerprint density at radius 3 is 0.722 bits per heavy atom. The molecule has 0 atom stereocenters. The number of phenols is 6. The van der Waals surface area contributed by atoms with Gasteiger partial charge in [0.25, 0.3) is 0 Å². The highest BCUT2D eigenvalue weighted by atomic mass is 16.3. The molecule has 2 aliphatic rings. The second-order valence-corrected chi connectivity index (χ2v) is 25.4. The van der Waals surface area contributed by atoms with Gasteiger partial charge in [-0.3, -0.25) is 0 Å². The average molecular weight is 1060 g/mol. The van der Waals surface area contributed by atoms with Gasteiger partial charge in [0, 0.05) is 27.1 Å². The zero-order chi connectivity index (χ0) is 56.5. The maximum absolute atomic E-state index is 9.99. The Kier molecular flexibility index (Phi) is 15.7. The molecule has 6 heteroatoms. The van der Waals surface area contributed by atoms with Crippen molar-refractivity contribution in [3.05, 3.63) is 249 Å². The molecule has 0 amide bonds. The first-order chi connectivity index (χ1) is 37.4. The molecule has 2 saturated carbocycles. The molecule has 0 heterocycles. The highest BCUT2D eigenvalue weighted by molar-refractivity contribution is 5.52. The van der Waals surface area contributed by atoms with Crippen LogP contribution < -0.4 is 0 Å². The summed E-state index contributed by atoms with van der Waals surface area (Å²) in [6.07, 6.45) is 8.67. The molecule has 0 radical (unpaired) electrons. The first-order valence-electron chi connectivity index (χ1n) is 28.4. The molecule has 2 fully saturated rings. The average Bonchev–Trinajstić information content (AvgIpc) is 3.53. The fourth-order valence-electron chi connectivity index (χ4n) is 13.6. The Labute approximate surface area is 470 Å². The van der Waals surface area contributed by atoms with Gasteiger partial charge in [-0.2, -0.15) is 0 Å². The molecule has 410 valence electrons. The number of hydrogen-bond acceptors (Lipinski definition) is 6. The summed E-state index contributed by atoms with van der Waals surface area (Å²) < 4.78 is 0. The maximum atomic E-state index is 9.99. The predicted octanol–water partition coefficient (Wildman–Crippen LogP) is 17.6. The summed E-state index contributed by atoms with van der Waals surface area (Å²) in [6, 6.07) is 61.9. The monoisotopic (exact) mass is 1050 g/mol. The van der Waals surface area contributed by atoms with Gasteiger partial charge in [-0.05, 0) is 204 Å². The van der Waals surface area contributed by atoms with Crippen LogP contribution in [0.1, 0.15) is 168 Å². The van der Waals surface area contributed by atoms with Crippen LogP contribution in [0.2, 0.25) is 0 Å². The highest BCUT2D eigenvalue weighted by Crippen LogP contribution is 2.57. The van der Waals surface area contributed by atoms with E-state index in [4.69, 9.17) is 0 Å². The summed E-state index contributed by atoms with van der Waals surface area (Å²) in [4.78, 5) is 0. The summed E-state index contributed by atoms with van der Waals surface area (Å²) in [6.45, 7) is 20.7. The third-order valence-electron chi connectivity index (χ3n) is 19.5.